The van der Waals surface area contributed by atoms with Gasteiger partial charge in [-0.05, 0) is 78.8 Å². The third kappa shape index (κ3) is 13.2. The maximum atomic E-state index is 12.8. The van der Waals surface area contributed by atoms with E-state index in [-0.39, 0.29) is 35.5 Å². The predicted octanol–water partition coefficient (Wildman–Crippen LogP) is 12.9. The van der Waals surface area contributed by atoms with E-state index >= 15 is 0 Å². The van der Waals surface area contributed by atoms with Crippen LogP contribution < -0.4 is 0 Å². The Morgan fingerprint density at radius 3 is 1.11 bits per heavy atom. The van der Waals surface area contributed by atoms with Crippen molar-refractivity contribution in [3.8, 4) is 0 Å². The van der Waals surface area contributed by atoms with Crippen molar-refractivity contribution in [2.45, 2.75) is 123 Å². The number of nitrogens with zero attached hydrogens (tertiary/aromatic N) is 2. The average molecular weight is 955 g/mol. The van der Waals surface area contributed by atoms with Gasteiger partial charge in [0.1, 0.15) is 17.9 Å². The minimum Gasteiger partial charge on any atom is -0.391 e. The Hall–Kier alpha value is -5.83. The molecule has 7 heteroatoms. The van der Waals surface area contributed by atoms with Gasteiger partial charge >= 0.3 is 0 Å². The zero-order valence-electron chi connectivity index (χ0n) is 43.4. The zero-order chi connectivity index (χ0) is 50.9. The summed E-state index contributed by atoms with van der Waals surface area (Å²) in [4.78, 5) is 40.0. The van der Waals surface area contributed by atoms with Crippen molar-refractivity contribution < 1.29 is 24.2 Å². The molecule has 1 N–H and O–H groups in total. The zero-order valence-corrected chi connectivity index (χ0v) is 43.4. The molecule has 0 saturated carbocycles. The minimum atomic E-state index is -0.713. The van der Waals surface area contributed by atoms with Crippen LogP contribution in [0.25, 0.3) is 0 Å². The van der Waals surface area contributed by atoms with Crippen molar-refractivity contribution in [2.75, 3.05) is 26.3 Å². The molecule has 3 saturated heterocycles. The molecular formula is C64H78N2O5. The lowest BCUT2D eigenvalue weighted by Crippen LogP contribution is -2.54. The molecule has 3 aliphatic heterocycles. The molecule has 7 nitrogen and oxygen atoms in total. The summed E-state index contributed by atoms with van der Waals surface area (Å²) < 4.78 is 4.94. The highest BCUT2D eigenvalue weighted by atomic mass is 16.5. The number of aliphatic hydroxyl groups is 1. The Bertz CT molecular complexity index is 2300. The molecule has 6 aromatic carbocycles. The number of likely N-dealkylation sites (tertiary alicyclic amines) is 2. The van der Waals surface area contributed by atoms with Gasteiger partial charge in [0.2, 0.25) is 0 Å². The van der Waals surface area contributed by atoms with E-state index in [4.69, 9.17) is 4.74 Å². The summed E-state index contributed by atoms with van der Waals surface area (Å²) in [6.07, 6.45) is 6.95. The van der Waals surface area contributed by atoms with E-state index in [0.29, 0.717) is 0 Å². The van der Waals surface area contributed by atoms with E-state index in [9.17, 15) is 19.5 Å². The number of aliphatic hydroxyl groups excluding tert-OH is 1. The van der Waals surface area contributed by atoms with Crippen LogP contribution in [0.3, 0.4) is 0 Å². The third-order valence-electron chi connectivity index (χ3n) is 14.3. The fourth-order valence-corrected chi connectivity index (χ4v) is 10.2. The number of rotatable bonds is 12. The number of benzene rings is 6. The van der Waals surface area contributed by atoms with Crippen LogP contribution in [0.2, 0.25) is 0 Å². The van der Waals surface area contributed by atoms with Crippen molar-refractivity contribution >= 4 is 17.9 Å². The Kier molecular flexibility index (Phi) is 19.6. The monoisotopic (exact) mass is 955 g/mol. The lowest BCUT2D eigenvalue weighted by atomic mass is 9.74. The summed E-state index contributed by atoms with van der Waals surface area (Å²) >= 11 is 0. The number of carbonyl (C=O) groups is 3. The Morgan fingerprint density at radius 1 is 0.521 bits per heavy atom. The Labute approximate surface area is 425 Å². The maximum Gasteiger partial charge on any atom is 0.140 e. The van der Waals surface area contributed by atoms with E-state index < -0.39 is 22.6 Å². The highest BCUT2D eigenvalue weighted by Gasteiger charge is 2.49. The standard InChI is InChI=1S/C30H35NO2.C24H23NO.C6H12O.C4H8O/c1-29(2,3)28(33)22-27(32)26-20-13-21-31(26)30(23-14-7-4-8-15-23,24-16-9-5-10-17-24)25-18-11-6-12-19-25;26-19-23-17-10-18-25(23)24(20-11-4-1-5-12-20,21-13-6-2-7-14-21)22-15-8-3-9-16-22;1-5(7)6(2,3)4;1-2-4-5-3-1/h4-12,14-19,26-27,32H,13,20-22H2,1-3H3;1-9,11-16,19,23H,10,17-18H2;1-4H3;1-4H2/t26-,27+;23-;;/m00../s1. The number of hydrogen-bond donors (Lipinski definition) is 1. The summed E-state index contributed by atoms with van der Waals surface area (Å²) in [5.41, 5.74) is 5.49. The SMILES string of the molecule is C1CCOC1.CC(=O)C(C)(C)C.CC(C)(C)C(=O)C[C@@H](O)[C@@H]1CCCN1C(c1ccccc1)(c1ccccc1)c1ccccc1.O=C[C@@H]1CCCN1C(c1ccccc1)(c1ccccc1)c1ccccc1. The smallest absolute Gasteiger partial charge is 0.140 e. The topological polar surface area (TPSA) is 87.1 Å². The fraction of sp³-hybridized carbons (Fsp3) is 0.391. The summed E-state index contributed by atoms with van der Waals surface area (Å²) in [6.45, 7) is 16.9. The quantitative estimate of drug-likeness (QED) is 0.0966. The summed E-state index contributed by atoms with van der Waals surface area (Å²) in [6, 6.07) is 63.3. The van der Waals surface area contributed by atoms with E-state index in [2.05, 4.69) is 155 Å². The second-order valence-electron chi connectivity index (χ2n) is 21.1. The normalized spacial score (nSPS) is 17.9. The van der Waals surface area contributed by atoms with E-state index in [0.717, 1.165) is 58.3 Å². The van der Waals surface area contributed by atoms with Crippen LogP contribution in [0.4, 0.5) is 0 Å². The first-order chi connectivity index (χ1) is 34.2. The number of hydrogen-bond acceptors (Lipinski definition) is 7. The van der Waals surface area contributed by atoms with Gasteiger partial charge in [0.15, 0.2) is 0 Å². The van der Waals surface area contributed by atoms with Crippen LogP contribution in [0.5, 0.6) is 0 Å². The molecule has 71 heavy (non-hydrogen) atoms. The number of aldehydes is 1. The van der Waals surface area contributed by atoms with Gasteiger partial charge in [0.25, 0.3) is 0 Å². The lowest BCUT2D eigenvalue weighted by molar-refractivity contribution is -0.129. The molecule has 0 spiro atoms. The number of Topliss-reactive ketones (excluding diaryl/α,β-unsaturated/α-hetero) is 2. The second kappa shape index (κ2) is 25.5. The Balaban J connectivity index is 0.000000191. The molecule has 0 radical (unpaired) electrons. The van der Waals surface area contributed by atoms with E-state index in [1.54, 1.807) is 6.92 Å². The molecular weight excluding hydrogens is 877 g/mol. The van der Waals surface area contributed by atoms with Gasteiger partial charge in [0.05, 0.1) is 23.2 Å². The van der Waals surface area contributed by atoms with E-state index in [1.165, 1.54) is 46.2 Å². The van der Waals surface area contributed by atoms with Crippen LogP contribution >= 0.6 is 0 Å². The van der Waals surface area contributed by atoms with Gasteiger partial charge in [-0.25, -0.2) is 0 Å². The first-order valence-electron chi connectivity index (χ1n) is 25.8. The second-order valence-corrected chi connectivity index (χ2v) is 21.1. The molecule has 3 fully saturated rings. The van der Waals surface area contributed by atoms with Gasteiger partial charge in [-0.15, -0.1) is 0 Å². The first kappa shape index (κ1) is 54.5. The largest absolute Gasteiger partial charge is 0.391 e. The van der Waals surface area contributed by atoms with Crippen molar-refractivity contribution in [3.63, 3.8) is 0 Å². The van der Waals surface area contributed by atoms with Crippen LogP contribution in [-0.4, -0.2) is 77.2 Å². The molecule has 9 rings (SSSR count). The molecule has 0 aliphatic carbocycles. The highest BCUT2D eigenvalue weighted by molar-refractivity contribution is 5.84. The summed E-state index contributed by atoms with van der Waals surface area (Å²) in [5.74, 6) is 0.346. The first-order valence-corrected chi connectivity index (χ1v) is 25.8. The van der Waals surface area contributed by atoms with Crippen molar-refractivity contribution in [3.05, 3.63) is 215 Å². The summed E-state index contributed by atoms with van der Waals surface area (Å²) in [7, 11) is 0. The molecule has 3 atom stereocenters. The van der Waals surface area contributed by atoms with Crippen molar-refractivity contribution in [1.82, 2.24) is 9.80 Å². The molecule has 0 bridgehead atoms. The van der Waals surface area contributed by atoms with Gasteiger partial charge in [-0.1, -0.05) is 224 Å². The Morgan fingerprint density at radius 2 is 0.831 bits per heavy atom. The number of ketones is 2. The van der Waals surface area contributed by atoms with Crippen LogP contribution in [0, 0.1) is 10.8 Å². The van der Waals surface area contributed by atoms with Crippen LogP contribution in [-0.2, 0) is 30.2 Å². The number of ether oxygens (including phenoxy) is 1. The van der Waals surface area contributed by atoms with E-state index in [1.807, 2.05) is 77.9 Å². The molecule has 0 aromatic heterocycles. The summed E-state index contributed by atoms with van der Waals surface area (Å²) in [5, 5.41) is 11.4. The minimum absolute atomic E-state index is 0.0735. The maximum absolute atomic E-state index is 12.8. The highest BCUT2D eigenvalue weighted by Crippen LogP contribution is 2.48. The predicted molar refractivity (Wildman–Crippen MR) is 289 cm³/mol. The number of carbonyl (C=O) groups excluding carboxylic acids is 3. The van der Waals surface area contributed by atoms with Gasteiger partial charge in [0, 0.05) is 49.6 Å². The molecule has 0 amide bonds. The average Bonchev–Trinajstić information content (AvgIpc) is 4.23. The van der Waals surface area contributed by atoms with Crippen molar-refractivity contribution in [1.29, 1.82) is 0 Å². The molecule has 374 valence electrons. The van der Waals surface area contributed by atoms with Crippen LogP contribution in [0.15, 0.2) is 182 Å². The van der Waals surface area contributed by atoms with Crippen LogP contribution in [0.1, 0.15) is 127 Å². The van der Waals surface area contributed by atoms with Gasteiger partial charge in [-0.2, -0.15) is 0 Å². The fourth-order valence-electron chi connectivity index (χ4n) is 10.2. The lowest BCUT2D eigenvalue weighted by Gasteiger charge is -2.47. The molecule has 0 unspecified atom stereocenters. The van der Waals surface area contributed by atoms with Gasteiger partial charge in [-0.3, -0.25) is 19.4 Å². The van der Waals surface area contributed by atoms with Crippen molar-refractivity contribution in [2.24, 2.45) is 10.8 Å². The van der Waals surface area contributed by atoms with Gasteiger partial charge < -0.3 is 14.6 Å². The molecule has 3 heterocycles. The third-order valence-corrected chi connectivity index (χ3v) is 14.3. The molecule has 3 aliphatic rings. The molecule has 6 aromatic rings.